The van der Waals surface area contributed by atoms with E-state index in [2.05, 4.69) is 22.5 Å². The summed E-state index contributed by atoms with van der Waals surface area (Å²) in [7, 11) is 0. The van der Waals surface area contributed by atoms with Crippen molar-refractivity contribution in [1.29, 1.82) is 0 Å². The first-order valence-corrected chi connectivity index (χ1v) is 6.99. The Labute approximate surface area is 137 Å². The molecule has 0 radical (unpaired) electrons. The number of urea groups is 1. The van der Waals surface area contributed by atoms with Crippen molar-refractivity contribution in [2.24, 2.45) is 5.84 Å². The zero-order valence-electron chi connectivity index (χ0n) is 11.8. The average Bonchev–Trinajstić information content (AvgIpc) is 2.44. The lowest BCUT2D eigenvalue weighted by molar-refractivity contribution is 0.0356. The number of hydrogen-bond acceptors (Lipinski definition) is 3. The Bertz CT molecular complexity index is 744. The second-order valence-electron chi connectivity index (χ2n) is 4.84. The van der Waals surface area contributed by atoms with Gasteiger partial charge in [-0.05, 0) is 34.1 Å². The number of halogens is 4. The van der Waals surface area contributed by atoms with Crippen LogP contribution in [-0.4, -0.2) is 23.2 Å². The lowest BCUT2D eigenvalue weighted by atomic mass is 10.1. The van der Waals surface area contributed by atoms with Crippen molar-refractivity contribution < 1.29 is 22.8 Å². The smallest absolute Gasteiger partial charge is 0.298 e. The van der Waals surface area contributed by atoms with E-state index >= 15 is 0 Å². The van der Waals surface area contributed by atoms with Crippen LogP contribution in [0.4, 0.5) is 23.7 Å². The van der Waals surface area contributed by atoms with Crippen molar-refractivity contribution in [3.63, 3.8) is 0 Å². The fourth-order valence-electron chi connectivity index (χ4n) is 2.04. The van der Waals surface area contributed by atoms with Gasteiger partial charge in [0.1, 0.15) is 11.5 Å². The third-order valence-electron chi connectivity index (χ3n) is 3.13. The highest BCUT2D eigenvalue weighted by atomic mass is 79.9. The first kappa shape index (κ1) is 17.2. The van der Waals surface area contributed by atoms with Crippen LogP contribution in [0.25, 0.3) is 0 Å². The van der Waals surface area contributed by atoms with Crippen LogP contribution in [0.2, 0.25) is 0 Å². The van der Waals surface area contributed by atoms with Crippen LogP contribution in [0.3, 0.4) is 0 Å². The van der Waals surface area contributed by atoms with E-state index in [4.69, 9.17) is 5.84 Å². The molecule has 0 aliphatic carbocycles. The number of amides is 2. The molecule has 0 saturated heterocycles. The number of anilines is 1. The standard InChI is InChI=1S/C14H11BrF3N3O2/c1-7-3-12(14(2,17)18)21(19)13(23)20(7)11-4-8(6-22)9(15)5-10(11)16/h3-6H,1,19H2,2H3. The third kappa shape index (κ3) is 3.02. The molecule has 5 nitrogen and oxygen atoms in total. The summed E-state index contributed by atoms with van der Waals surface area (Å²) in [4.78, 5) is 23.9. The van der Waals surface area contributed by atoms with Crippen LogP contribution in [0, 0.1) is 5.82 Å². The summed E-state index contributed by atoms with van der Waals surface area (Å²) in [6, 6.07) is 0.951. The van der Waals surface area contributed by atoms with Crippen molar-refractivity contribution >= 4 is 33.9 Å². The molecule has 1 aromatic carbocycles. The summed E-state index contributed by atoms with van der Waals surface area (Å²) in [6.45, 7) is 4.06. The molecule has 0 fully saturated rings. The second-order valence-corrected chi connectivity index (χ2v) is 5.69. The van der Waals surface area contributed by atoms with Crippen molar-refractivity contribution in [2.45, 2.75) is 12.8 Å². The molecule has 0 atom stereocenters. The number of carbonyl (C=O) groups excluding carboxylic acids is 2. The van der Waals surface area contributed by atoms with E-state index in [0.29, 0.717) is 18.1 Å². The highest BCUT2D eigenvalue weighted by Gasteiger charge is 2.40. The third-order valence-corrected chi connectivity index (χ3v) is 3.82. The van der Waals surface area contributed by atoms with Gasteiger partial charge < -0.3 is 0 Å². The summed E-state index contributed by atoms with van der Waals surface area (Å²) < 4.78 is 41.2. The summed E-state index contributed by atoms with van der Waals surface area (Å²) >= 11 is 3.00. The molecule has 0 unspecified atom stereocenters. The summed E-state index contributed by atoms with van der Waals surface area (Å²) in [5.41, 5.74) is -1.22. The van der Waals surface area contributed by atoms with Gasteiger partial charge in [0.2, 0.25) is 0 Å². The minimum absolute atomic E-state index is 0.0705. The normalized spacial score (nSPS) is 15.8. The van der Waals surface area contributed by atoms with Crippen LogP contribution in [0.5, 0.6) is 0 Å². The summed E-state index contributed by atoms with van der Waals surface area (Å²) in [5.74, 6) is 1.16. The number of carbonyl (C=O) groups is 2. The Balaban J connectivity index is 2.58. The minimum Gasteiger partial charge on any atom is -0.298 e. The maximum Gasteiger partial charge on any atom is 0.347 e. The Hall–Kier alpha value is -2.13. The SMILES string of the molecule is C=C1C=C(C(C)(F)F)N(N)C(=O)N1c1cc(C=O)c(Br)cc1F. The molecular weight excluding hydrogens is 379 g/mol. The predicted octanol–water partition coefficient (Wildman–Crippen LogP) is 3.57. The number of hydrogen-bond donors (Lipinski definition) is 1. The van der Waals surface area contributed by atoms with Gasteiger partial charge in [0.25, 0.3) is 5.92 Å². The van der Waals surface area contributed by atoms with E-state index < -0.39 is 23.5 Å². The van der Waals surface area contributed by atoms with Gasteiger partial charge in [0.15, 0.2) is 6.29 Å². The highest BCUT2D eigenvalue weighted by Crippen LogP contribution is 2.35. The van der Waals surface area contributed by atoms with E-state index in [0.717, 1.165) is 18.2 Å². The molecule has 0 aromatic heterocycles. The number of nitrogens with two attached hydrogens (primary N) is 1. The number of benzene rings is 1. The number of allylic oxidation sites excluding steroid dienone is 2. The molecule has 0 saturated carbocycles. The van der Waals surface area contributed by atoms with E-state index in [1.807, 2.05) is 0 Å². The van der Waals surface area contributed by atoms with Gasteiger partial charge in [-0.3, -0.25) is 9.69 Å². The maximum atomic E-state index is 14.1. The monoisotopic (exact) mass is 389 g/mol. The minimum atomic E-state index is -3.38. The second kappa shape index (κ2) is 5.82. The molecule has 1 aromatic rings. The van der Waals surface area contributed by atoms with Crippen LogP contribution in [-0.2, 0) is 0 Å². The average molecular weight is 390 g/mol. The van der Waals surface area contributed by atoms with E-state index in [1.165, 1.54) is 0 Å². The lowest BCUT2D eigenvalue weighted by Crippen LogP contribution is -2.52. The number of nitrogens with zero attached hydrogens (tertiary/aromatic N) is 2. The van der Waals surface area contributed by atoms with E-state index in [-0.39, 0.29) is 26.4 Å². The Morgan fingerprint density at radius 1 is 1.39 bits per heavy atom. The zero-order valence-corrected chi connectivity index (χ0v) is 13.4. The van der Waals surface area contributed by atoms with Crippen LogP contribution >= 0.6 is 15.9 Å². The fourth-order valence-corrected chi connectivity index (χ4v) is 2.45. The zero-order chi connectivity index (χ0) is 17.5. The van der Waals surface area contributed by atoms with Crippen LogP contribution in [0.1, 0.15) is 17.3 Å². The lowest BCUT2D eigenvalue weighted by Gasteiger charge is -2.35. The van der Waals surface area contributed by atoms with E-state index in [1.54, 1.807) is 0 Å². The number of rotatable bonds is 3. The van der Waals surface area contributed by atoms with Gasteiger partial charge in [-0.15, -0.1) is 0 Å². The maximum absolute atomic E-state index is 14.1. The van der Waals surface area contributed by atoms with Gasteiger partial charge in [0.05, 0.1) is 5.69 Å². The number of aldehydes is 1. The van der Waals surface area contributed by atoms with Crippen molar-refractivity contribution in [3.8, 4) is 0 Å². The van der Waals surface area contributed by atoms with Crippen molar-refractivity contribution in [1.82, 2.24) is 5.01 Å². The molecule has 0 bridgehead atoms. The quantitative estimate of drug-likeness (QED) is 0.488. The molecule has 9 heteroatoms. The predicted molar refractivity (Wildman–Crippen MR) is 81.2 cm³/mol. The molecule has 122 valence electrons. The van der Waals surface area contributed by atoms with E-state index in [9.17, 15) is 22.8 Å². The Kier molecular flexibility index (Phi) is 4.36. The van der Waals surface area contributed by atoms with Gasteiger partial charge in [-0.25, -0.2) is 20.0 Å². The fraction of sp³-hybridized carbons (Fsp3) is 0.143. The highest BCUT2D eigenvalue weighted by molar-refractivity contribution is 9.10. The molecule has 23 heavy (non-hydrogen) atoms. The van der Waals surface area contributed by atoms with Gasteiger partial charge in [-0.2, -0.15) is 8.78 Å². The van der Waals surface area contributed by atoms with Gasteiger partial charge >= 0.3 is 6.03 Å². The molecule has 1 aliphatic heterocycles. The van der Waals surface area contributed by atoms with Gasteiger partial charge in [-0.1, -0.05) is 6.58 Å². The Morgan fingerprint density at radius 3 is 2.52 bits per heavy atom. The first-order chi connectivity index (χ1) is 10.6. The van der Waals surface area contributed by atoms with Gasteiger partial charge in [0, 0.05) is 22.7 Å². The largest absolute Gasteiger partial charge is 0.347 e. The van der Waals surface area contributed by atoms with Crippen molar-refractivity contribution in [2.75, 3.05) is 4.90 Å². The molecule has 0 spiro atoms. The van der Waals surface area contributed by atoms with Crippen LogP contribution in [0.15, 0.2) is 40.7 Å². The number of hydrazine groups is 1. The molecule has 1 heterocycles. The topological polar surface area (TPSA) is 66.6 Å². The molecule has 2 rings (SSSR count). The molecular formula is C14H11BrF3N3O2. The van der Waals surface area contributed by atoms with Crippen LogP contribution < -0.4 is 10.7 Å². The molecule has 2 amide bonds. The Morgan fingerprint density at radius 2 is 2.00 bits per heavy atom. The molecule has 2 N–H and O–H groups in total. The summed E-state index contributed by atoms with van der Waals surface area (Å²) in [6.07, 6.45) is 1.33. The number of alkyl halides is 2. The summed E-state index contributed by atoms with van der Waals surface area (Å²) in [5, 5.41) is 0.219. The van der Waals surface area contributed by atoms with Crippen molar-refractivity contribution in [3.05, 3.63) is 52.0 Å². The molecule has 1 aliphatic rings. The first-order valence-electron chi connectivity index (χ1n) is 6.20.